The van der Waals surface area contributed by atoms with Crippen LogP contribution in [-0.2, 0) is 24.5 Å². The third kappa shape index (κ3) is 5.95. The van der Waals surface area contributed by atoms with Gasteiger partial charge in [0.05, 0.1) is 13.2 Å². The lowest BCUT2D eigenvalue weighted by atomic mass is 9.79. The number of esters is 1. The highest BCUT2D eigenvalue weighted by Crippen LogP contribution is 2.40. The molecule has 2 aliphatic rings. The molecule has 0 aromatic heterocycles. The van der Waals surface area contributed by atoms with Gasteiger partial charge in [0.25, 0.3) is 0 Å². The van der Waals surface area contributed by atoms with Crippen LogP contribution in [0.15, 0.2) is 72.8 Å². The Kier molecular flexibility index (Phi) is 8.90. The van der Waals surface area contributed by atoms with Gasteiger partial charge in [0.15, 0.2) is 0 Å². The molecular weight excluding hydrogens is 585 g/mol. The van der Waals surface area contributed by atoms with Crippen molar-refractivity contribution >= 4 is 52.6 Å². The number of piperazine rings is 1. The van der Waals surface area contributed by atoms with Crippen molar-refractivity contribution < 1.29 is 19.1 Å². The molecular formula is C31H30Cl3N3O4. The molecule has 2 aliphatic heterocycles. The molecule has 2 saturated heterocycles. The zero-order chi connectivity index (χ0) is 29.1. The molecule has 0 saturated carbocycles. The normalized spacial score (nSPS) is 19.4. The highest BCUT2D eigenvalue weighted by atomic mass is 35.5. The summed E-state index contributed by atoms with van der Waals surface area (Å²) in [5, 5.41) is 1.74. The second-order valence-electron chi connectivity index (χ2n) is 10.4. The molecule has 0 spiro atoms. The van der Waals surface area contributed by atoms with Gasteiger partial charge < -0.3 is 14.5 Å². The van der Waals surface area contributed by atoms with Gasteiger partial charge in [-0.15, -0.1) is 0 Å². The van der Waals surface area contributed by atoms with Gasteiger partial charge >= 0.3 is 17.8 Å². The Morgan fingerprint density at radius 3 is 1.80 bits per heavy atom. The number of methoxy groups -OCH3 is 1. The molecule has 0 N–H and O–H groups in total. The minimum absolute atomic E-state index is 0.0309. The number of carbonyl (C=O) groups is 3. The lowest BCUT2D eigenvalue weighted by Gasteiger charge is -2.40. The predicted octanol–water partition coefficient (Wildman–Crippen LogP) is 5.22. The van der Waals surface area contributed by atoms with E-state index in [4.69, 9.17) is 39.5 Å². The van der Waals surface area contributed by atoms with Crippen molar-refractivity contribution in [2.45, 2.75) is 17.9 Å². The Bertz CT molecular complexity index is 1380. The van der Waals surface area contributed by atoms with E-state index in [9.17, 15) is 14.4 Å². The van der Waals surface area contributed by atoms with E-state index in [-0.39, 0.29) is 19.1 Å². The number of rotatable bonds is 5. The van der Waals surface area contributed by atoms with Gasteiger partial charge in [-0.1, -0.05) is 77.3 Å². The molecule has 10 heteroatoms. The third-order valence-electron chi connectivity index (χ3n) is 8.04. The van der Waals surface area contributed by atoms with Crippen molar-refractivity contribution in [2.24, 2.45) is 0 Å². The smallest absolute Gasteiger partial charge is 0.318 e. The summed E-state index contributed by atoms with van der Waals surface area (Å²) >= 11 is 18.7. The Morgan fingerprint density at radius 1 is 0.732 bits per heavy atom. The first-order valence-corrected chi connectivity index (χ1v) is 14.5. The Morgan fingerprint density at radius 2 is 1.27 bits per heavy atom. The highest BCUT2D eigenvalue weighted by Gasteiger charge is 2.50. The van der Waals surface area contributed by atoms with Crippen molar-refractivity contribution in [3.63, 3.8) is 0 Å². The molecule has 1 atom stereocenters. The fourth-order valence-electron chi connectivity index (χ4n) is 5.88. The molecule has 0 radical (unpaired) electrons. The summed E-state index contributed by atoms with van der Waals surface area (Å²) < 4.78 is 5.12. The molecule has 5 rings (SSSR count). The average molecular weight is 615 g/mol. The fraction of sp³-hybridized carbons (Fsp3) is 0.323. The van der Waals surface area contributed by atoms with Gasteiger partial charge in [0.2, 0.25) is 0 Å². The van der Waals surface area contributed by atoms with Gasteiger partial charge in [-0.05, 0) is 53.4 Å². The van der Waals surface area contributed by atoms with Crippen LogP contribution in [0.4, 0.5) is 0 Å². The third-order valence-corrected chi connectivity index (χ3v) is 8.88. The van der Waals surface area contributed by atoms with Gasteiger partial charge in [-0.3, -0.25) is 19.3 Å². The second-order valence-corrected chi connectivity index (χ2v) is 11.6. The van der Waals surface area contributed by atoms with Crippen LogP contribution in [0.2, 0.25) is 15.1 Å². The van der Waals surface area contributed by atoms with Gasteiger partial charge in [0.1, 0.15) is 5.41 Å². The summed E-state index contributed by atoms with van der Waals surface area (Å²) in [7, 11) is 1.32. The number of ether oxygens (including phenoxy) is 1. The van der Waals surface area contributed by atoms with Crippen LogP contribution in [0.1, 0.15) is 29.2 Å². The average Bonchev–Trinajstić information content (AvgIpc) is 3.45. The van der Waals surface area contributed by atoms with Crippen LogP contribution in [0.3, 0.4) is 0 Å². The van der Waals surface area contributed by atoms with Crippen molar-refractivity contribution in [1.29, 1.82) is 0 Å². The molecule has 2 fully saturated rings. The van der Waals surface area contributed by atoms with E-state index in [1.807, 2.05) is 48.5 Å². The van der Waals surface area contributed by atoms with Gasteiger partial charge in [0, 0.05) is 54.3 Å². The number of hydrogen-bond acceptors (Lipinski definition) is 5. The maximum absolute atomic E-state index is 13.4. The van der Waals surface area contributed by atoms with Crippen LogP contribution in [0.25, 0.3) is 0 Å². The number of carbonyl (C=O) groups excluding carboxylic acids is 3. The fourth-order valence-corrected chi connectivity index (χ4v) is 6.45. The summed E-state index contributed by atoms with van der Waals surface area (Å²) in [5.74, 6) is -1.67. The maximum atomic E-state index is 13.4. The summed E-state index contributed by atoms with van der Waals surface area (Å²) in [6, 6.07) is 22.5. The van der Waals surface area contributed by atoms with Crippen molar-refractivity contribution in [3.05, 3.63) is 105 Å². The molecule has 214 valence electrons. The second kappa shape index (κ2) is 12.4. The Balaban J connectivity index is 1.29. The Hall–Kier alpha value is -3.10. The minimum Gasteiger partial charge on any atom is -0.468 e. The van der Waals surface area contributed by atoms with Crippen LogP contribution < -0.4 is 0 Å². The van der Waals surface area contributed by atoms with E-state index in [1.165, 1.54) is 12.0 Å². The monoisotopic (exact) mass is 613 g/mol. The van der Waals surface area contributed by atoms with E-state index in [2.05, 4.69) is 4.90 Å². The predicted molar refractivity (Wildman–Crippen MR) is 159 cm³/mol. The summed E-state index contributed by atoms with van der Waals surface area (Å²) in [5.41, 5.74) is 1.62. The summed E-state index contributed by atoms with van der Waals surface area (Å²) in [6.45, 7) is 2.20. The molecule has 0 aliphatic carbocycles. The molecule has 2 amide bonds. The number of likely N-dealkylation sites (tertiary alicyclic amines) is 1. The van der Waals surface area contributed by atoms with E-state index in [0.717, 1.165) is 11.1 Å². The minimum atomic E-state index is -1.12. The van der Waals surface area contributed by atoms with Crippen LogP contribution in [0, 0.1) is 0 Å². The zero-order valence-corrected chi connectivity index (χ0v) is 24.8. The van der Waals surface area contributed by atoms with Gasteiger partial charge in [-0.2, -0.15) is 0 Å². The van der Waals surface area contributed by atoms with Crippen molar-refractivity contribution in [2.75, 3.05) is 46.4 Å². The Labute approximate surface area is 254 Å². The lowest BCUT2D eigenvalue weighted by molar-refractivity contribution is -0.153. The largest absolute Gasteiger partial charge is 0.468 e. The SMILES string of the molecule is COC(=O)C1(c2ccccc2Cl)CCN(C(=O)C(=O)N2CCN(C(c3ccc(Cl)cc3)c3ccc(Cl)cc3)CC2)C1. The number of nitrogens with zero attached hydrogens (tertiary/aromatic N) is 3. The van der Waals surface area contributed by atoms with Crippen molar-refractivity contribution in [1.82, 2.24) is 14.7 Å². The highest BCUT2D eigenvalue weighted by molar-refractivity contribution is 6.35. The molecule has 3 aromatic rings. The number of benzene rings is 3. The molecule has 3 aromatic carbocycles. The molecule has 1 unspecified atom stereocenters. The van der Waals surface area contributed by atoms with Gasteiger partial charge in [-0.25, -0.2) is 0 Å². The van der Waals surface area contributed by atoms with Crippen LogP contribution in [0.5, 0.6) is 0 Å². The summed E-state index contributed by atoms with van der Waals surface area (Å²) in [4.78, 5) is 45.1. The molecule has 2 heterocycles. The first-order valence-electron chi connectivity index (χ1n) is 13.4. The van der Waals surface area contributed by atoms with E-state index in [1.54, 1.807) is 29.2 Å². The van der Waals surface area contributed by atoms with Crippen LogP contribution >= 0.6 is 34.8 Å². The lowest BCUT2D eigenvalue weighted by Crippen LogP contribution is -2.54. The van der Waals surface area contributed by atoms with Crippen molar-refractivity contribution in [3.8, 4) is 0 Å². The van der Waals surface area contributed by atoms with Crippen LogP contribution in [-0.4, -0.2) is 78.9 Å². The molecule has 41 heavy (non-hydrogen) atoms. The van der Waals surface area contributed by atoms with E-state index in [0.29, 0.717) is 53.2 Å². The quantitative estimate of drug-likeness (QED) is 0.291. The summed E-state index contributed by atoms with van der Waals surface area (Å²) in [6.07, 6.45) is 0.320. The molecule has 0 bridgehead atoms. The topological polar surface area (TPSA) is 70.2 Å². The molecule has 7 nitrogen and oxygen atoms in total. The maximum Gasteiger partial charge on any atom is 0.318 e. The number of amides is 2. The van der Waals surface area contributed by atoms with E-state index >= 15 is 0 Å². The first kappa shape index (κ1) is 29.4. The number of halogens is 3. The standard InChI is InChI=1S/C31H30Cl3N3O4/c1-41-30(40)31(25-4-2-3-5-26(25)34)14-15-37(20-31)29(39)28(38)36-18-16-35(17-19-36)27(21-6-10-23(32)11-7-21)22-8-12-24(33)13-9-22/h2-13,27H,14-20H2,1H3. The number of hydrogen-bond donors (Lipinski definition) is 0. The van der Waals surface area contributed by atoms with E-state index < -0.39 is 23.2 Å². The first-order chi connectivity index (χ1) is 19.7. The zero-order valence-electron chi connectivity index (χ0n) is 22.6.